The normalized spacial score (nSPS) is 11.3. The van der Waals surface area contributed by atoms with Crippen molar-refractivity contribution in [2.45, 2.75) is 73.6 Å². The Morgan fingerprint density at radius 1 is 0.473 bits per heavy atom. The molecule has 0 spiro atoms. The fraction of sp³-hybridized carbons (Fsp3) is 0.181. The van der Waals surface area contributed by atoms with Crippen molar-refractivity contribution in [2.24, 2.45) is 17.2 Å². The monoisotopic (exact) mass is 2230 g/mol. The number of halogens is 12. The van der Waals surface area contributed by atoms with Crippen molar-refractivity contribution in [3.05, 3.63) is 302 Å². The van der Waals surface area contributed by atoms with Crippen LogP contribution in [0.3, 0.4) is 0 Å². The molecule has 0 saturated carbocycles. The van der Waals surface area contributed by atoms with E-state index >= 15 is 8.78 Å². The minimum Gasteiger partial charge on any atom is -0.537 e. The van der Waals surface area contributed by atoms with Crippen LogP contribution in [0.5, 0.6) is 34.5 Å². The number of hydrogen-bond acceptors (Lipinski definition) is 23. The number of nitrogen functional groups attached to an aromatic ring is 4. The number of benzene rings is 15. The molecule has 3 amide bonds. The van der Waals surface area contributed by atoms with Crippen LogP contribution in [0.4, 0.5) is 48.8 Å². The molecule has 0 atom stereocenters. The molecule has 25 nitrogen and oxygen atoms in total. The maximum atomic E-state index is 15.2. The topological polar surface area (TPSA) is 402 Å². The molecule has 17 aromatic rings. The molecule has 146 heavy (non-hydrogen) atoms. The minimum atomic E-state index is -0.838. The number of hydrogen-bond donors (Lipinski definition) is 9. The fourth-order valence-corrected chi connectivity index (χ4v) is 17.8. The van der Waals surface area contributed by atoms with E-state index in [2.05, 4.69) is 30.0 Å². The SMILES string of the molecule is C.C.CC(C)(C)[N+](=O)[O-].CN(C(=O)OC(C)(C)C)C1CNC1.COc1cc(-c2c(Cl)cc(C(N)=O)c(N)c2F)c2ccccc2c1.COc1cc(-c2c(Cl)cc(C(N)=S)c(N)c2F)c2ccccc2c1.COc1cc(-c2c(Cl)cc3c(Cl)snc3c2F)c2ccccc2c1.COc1cc(-c2c(Cl)cc3c(N)snc3c2F)c2ccccc2c1.COc1cc(O[B]O)c2ccccc2c1.NC(=O)c1cc(Cl)c(Br)c(F)c1N. The lowest BCUT2D eigenvalue weighted by Gasteiger charge is -2.36. The van der Waals surface area contributed by atoms with E-state index in [0.29, 0.717) is 112 Å². The molecule has 18 rings (SSSR count). The van der Waals surface area contributed by atoms with Gasteiger partial charge in [0.1, 0.15) is 65.5 Å². The molecule has 1 aliphatic heterocycles. The largest absolute Gasteiger partial charge is 0.569 e. The molecule has 1 saturated heterocycles. The Kier molecular flexibility index (Phi) is 40.4. The van der Waals surface area contributed by atoms with Gasteiger partial charge in [-0.15, -0.1) is 0 Å². The van der Waals surface area contributed by atoms with Gasteiger partial charge in [0, 0.05) is 95.9 Å². The predicted molar refractivity (Wildman–Crippen MR) is 595 cm³/mol. The van der Waals surface area contributed by atoms with Crippen LogP contribution >= 0.6 is 121 Å². The first-order valence-electron chi connectivity index (χ1n) is 42.8. The maximum absolute atomic E-state index is 15.2. The number of carbonyl (C=O) groups excluding carboxylic acids is 3. The van der Waals surface area contributed by atoms with E-state index in [1.165, 1.54) is 25.3 Å². The average Bonchev–Trinajstić information content (AvgIpc) is 1.61. The third-order valence-electron chi connectivity index (χ3n) is 21.9. The first kappa shape index (κ1) is 116. The van der Waals surface area contributed by atoms with Crippen molar-refractivity contribution in [2.75, 3.05) is 78.6 Å². The van der Waals surface area contributed by atoms with Gasteiger partial charge in [-0.25, -0.2) is 26.7 Å². The van der Waals surface area contributed by atoms with Crippen LogP contribution in [0.1, 0.15) is 82.7 Å². The summed E-state index contributed by atoms with van der Waals surface area (Å²) in [5.74, 6) is -1.11. The summed E-state index contributed by atoms with van der Waals surface area (Å²) in [5, 5.41) is 33.0. The molecule has 763 valence electrons. The Balaban J connectivity index is 0.000000189. The Hall–Kier alpha value is -13.3. The Morgan fingerprint density at radius 3 is 1.12 bits per heavy atom. The summed E-state index contributed by atoms with van der Waals surface area (Å²) in [6.45, 7) is 12.0. The second-order valence-electron chi connectivity index (χ2n) is 33.4. The summed E-state index contributed by atoms with van der Waals surface area (Å²) >= 11 is 46.9. The van der Waals surface area contributed by atoms with Gasteiger partial charge in [-0.2, -0.15) is 8.75 Å². The van der Waals surface area contributed by atoms with Crippen molar-refractivity contribution in [1.82, 2.24) is 19.0 Å². The van der Waals surface area contributed by atoms with Gasteiger partial charge in [0.25, 0.3) is 11.8 Å². The number of ether oxygens (including phenoxy) is 6. The molecule has 3 heterocycles. The van der Waals surface area contributed by atoms with Crippen LogP contribution in [0.25, 0.3) is 120 Å². The highest BCUT2D eigenvalue weighted by Crippen LogP contribution is 2.48. The summed E-state index contributed by atoms with van der Waals surface area (Å²) in [4.78, 5) is 44.8. The highest BCUT2D eigenvalue weighted by atomic mass is 79.9. The lowest BCUT2D eigenvalue weighted by atomic mass is 9.95. The predicted octanol–water partition coefficient (Wildman–Crippen LogP) is 27.4. The van der Waals surface area contributed by atoms with Crippen LogP contribution in [-0.2, 0) is 4.74 Å². The Labute approximate surface area is 891 Å². The molecule has 0 unspecified atom stereocenters. The first-order chi connectivity index (χ1) is 68.2. The van der Waals surface area contributed by atoms with Crippen LogP contribution < -0.4 is 73.8 Å². The third kappa shape index (κ3) is 27.0. The quantitative estimate of drug-likeness (QED) is 0.00875. The zero-order valence-corrected chi connectivity index (χ0v) is 87.3. The first-order valence-corrected chi connectivity index (χ1v) is 47.8. The van der Waals surface area contributed by atoms with E-state index in [4.69, 9.17) is 160 Å². The highest BCUT2D eigenvalue weighted by Gasteiger charge is 2.31. The summed E-state index contributed by atoms with van der Waals surface area (Å²) in [6.07, 6.45) is -0.237. The molecule has 0 bridgehead atoms. The van der Waals surface area contributed by atoms with E-state index in [1.54, 1.807) is 104 Å². The number of likely N-dealkylation sites (N-methyl/N-ethyl adjacent to an activating group) is 1. The van der Waals surface area contributed by atoms with Gasteiger partial charge in [-0.05, 0) is 215 Å². The smallest absolute Gasteiger partial charge is 0.537 e. The molecule has 1 radical (unpaired) electrons. The lowest BCUT2D eigenvalue weighted by molar-refractivity contribution is -0.555. The standard InChI is InChI=1S/C18H10Cl2FNOS.C18H14ClFN2O2.C18H12ClFN2OS.C18H14ClFN2OS.C11H10BO3.C9H18N2O2.C7H5BrClFN2O.C4H9NO2.2CH4/c1-23-10-6-9-4-2-3-5-11(9)12(7-10)15-14(19)8-13-17(16(15)21)22-24-18(13)20;1-24-10-6-9-4-2-3-5-11(9)12(7-10)15-14(19)8-13(18(22)23)17(21)16(15)20;1-23-10-6-9-4-2-3-5-11(9)12(7-10)15-14(19)8-13-17(16(15)20)22-24-18(13)21;1-23-10-6-9-4-2-3-5-11(9)12(7-10)15-14(19)8-13(18(22)24)17(21)16(15)20;1-14-9-6-8-4-2-3-5-10(8)11(7-9)15-12-13;1-9(2,3)13-8(12)11(4)7-5-10-6-7;8-4-3(9)1-2(7(12)13)6(11)5(4)10;1-4(2,3)5(6)7;;/h2-8H,1H3;2-8H,21H2,1H3,(H2,22,23);2-8H,21H2,1H3;2-8H,21H2,1H3,(H2,22,24);2-7,13H,1H3;7,10H,5-6H2,1-4H3;1H,11H2,(H2,12,13);1-3H3;2*1H4. The number of aromatic nitrogens is 2. The molecule has 0 aliphatic carbocycles. The zero-order valence-electron chi connectivity index (χ0n) is 78.7. The van der Waals surface area contributed by atoms with Crippen LogP contribution in [0, 0.1) is 39.2 Å². The number of methoxy groups -OCH3 is 5. The van der Waals surface area contributed by atoms with E-state index in [9.17, 15) is 37.7 Å². The molecular formula is C105H100BBrCl6F5N12O13S3. The van der Waals surface area contributed by atoms with Crippen molar-refractivity contribution >= 4 is 249 Å². The van der Waals surface area contributed by atoms with Crippen LogP contribution in [0.15, 0.2) is 217 Å². The van der Waals surface area contributed by atoms with E-state index < -0.39 is 52.0 Å². The van der Waals surface area contributed by atoms with Crippen molar-refractivity contribution in [3.8, 4) is 79.0 Å². The van der Waals surface area contributed by atoms with Gasteiger partial charge in [-0.3, -0.25) is 19.7 Å². The van der Waals surface area contributed by atoms with E-state index in [1.807, 2.05) is 172 Å². The molecule has 1 aliphatic rings. The van der Waals surface area contributed by atoms with Gasteiger partial charge < -0.3 is 88.5 Å². The maximum Gasteiger partial charge on any atom is 0.569 e. The van der Waals surface area contributed by atoms with Crippen molar-refractivity contribution in [3.63, 3.8) is 0 Å². The van der Waals surface area contributed by atoms with E-state index in [-0.39, 0.29) is 106 Å². The number of primary amides is 2. The molecule has 1 fully saturated rings. The molecular weight excluding hydrogens is 2130 g/mol. The van der Waals surface area contributed by atoms with E-state index in [0.717, 1.165) is 90.0 Å². The summed E-state index contributed by atoms with van der Waals surface area (Å²) in [7, 11) is 10.3. The van der Waals surface area contributed by atoms with Crippen molar-refractivity contribution in [1.29, 1.82) is 0 Å². The second kappa shape index (κ2) is 50.7. The lowest BCUT2D eigenvalue weighted by Crippen LogP contribution is -2.58. The number of amides is 3. The average molecular weight is 2230 g/mol. The highest BCUT2D eigenvalue weighted by molar-refractivity contribution is 9.10. The third-order valence-corrected chi connectivity index (χ3v) is 26.4. The number of anilines is 4. The minimum absolute atomic E-state index is 0. The molecule has 16 N–H and O–H groups in total. The second-order valence-corrected chi connectivity index (χ2v) is 38.9. The van der Waals surface area contributed by atoms with Gasteiger partial charge >= 0.3 is 13.8 Å². The number of nitrogens with zero attached hydrogens (tertiary/aromatic N) is 4. The summed E-state index contributed by atoms with van der Waals surface area (Å²) < 4.78 is 119. The fourth-order valence-electron chi connectivity index (χ4n) is 14.5. The van der Waals surface area contributed by atoms with Gasteiger partial charge in [0.05, 0.1) is 99.4 Å². The van der Waals surface area contributed by atoms with Crippen LogP contribution in [0.2, 0.25) is 29.4 Å². The number of thiocarbonyl (C=S) groups is 1. The molecule has 15 aromatic carbocycles. The summed E-state index contributed by atoms with van der Waals surface area (Å²) in [5.41, 5.74) is 40.4. The zero-order chi connectivity index (χ0) is 106. The number of nitrogens with one attached hydrogen (secondary N) is 1. The van der Waals surface area contributed by atoms with Gasteiger partial charge in [0.15, 0.2) is 29.1 Å². The Bertz CT molecular complexity index is 7460. The number of nitrogens with two attached hydrogens (primary N) is 7. The van der Waals surface area contributed by atoms with Crippen molar-refractivity contribution < 1.29 is 79.4 Å². The van der Waals surface area contributed by atoms with Gasteiger partial charge in [-0.1, -0.05) is 218 Å². The Morgan fingerprint density at radius 2 is 0.781 bits per heavy atom. The molecule has 41 heteroatoms. The summed E-state index contributed by atoms with van der Waals surface area (Å²) in [6, 6.07) is 63.9. The number of carbonyl (C=O) groups is 3. The molecule has 2 aromatic heterocycles. The number of fused-ring (bicyclic) bond motifs is 7. The number of rotatable bonds is 15. The van der Waals surface area contributed by atoms with Gasteiger partial charge in [0.2, 0.25) is 5.54 Å². The number of nitro groups is 1. The van der Waals surface area contributed by atoms with Crippen LogP contribution in [-0.4, -0.2) is 127 Å².